The lowest BCUT2D eigenvalue weighted by Crippen LogP contribution is -2.48. The maximum Gasteiger partial charge on any atom is 0.313 e. The molecule has 2 amide bonds. The maximum absolute atomic E-state index is 12.9. The van der Waals surface area contributed by atoms with Crippen LogP contribution in [0.4, 0.5) is 5.69 Å². The van der Waals surface area contributed by atoms with Crippen molar-refractivity contribution in [3.63, 3.8) is 0 Å². The standard InChI is InChI=1S/C22H26N4O3/c1-3-29-14-15-5-4-6-17(11-15)24-21(27)22(28)26-18-7-8-19(26)13-16(12-18)20-9-10-23-25(20)2/h4-6,9-12,18-19H,3,7-8,13-14H2,1-2H3,(H,24,27). The van der Waals surface area contributed by atoms with E-state index < -0.39 is 11.8 Å². The van der Waals surface area contributed by atoms with Crippen LogP contribution in [-0.2, 0) is 28.0 Å². The Kier molecular flexibility index (Phi) is 5.49. The minimum atomic E-state index is -0.590. The number of nitrogens with one attached hydrogen (secondary N) is 1. The molecule has 2 aromatic rings. The van der Waals surface area contributed by atoms with Crippen molar-refractivity contribution in [2.24, 2.45) is 7.05 Å². The van der Waals surface area contributed by atoms with Gasteiger partial charge in [-0.25, -0.2) is 0 Å². The first-order chi connectivity index (χ1) is 14.1. The number of carbonyl (C=O) groups is 2. The van der Waals surface area contributed by atoms with Gasteiger partial charge in [-0.05, 0) is 55.5 Å². The topological polar surface area (TPSA) is 76.5 Å². The second kappa shape index (κ2) is 8.21. The molecule has 7 heteroatoms. The fraction of sp³-hybridized carbons (Fsp3) is 0.409. The smallest absolute Gasteiger partial charge is 0.313 e. The molecule has 4 rings (SSSR count). The number of aromatic nitrogens is 2. The van der Waals surface area contributed by atoms with Crippen LogP contribution >= 0.6 is 0 Å². The number of hydrogen-bond acceptors (Lipinski definition) is 4. The highest BCUT2D eigenvalue weighted by Crippen LogP contribution is 2.38. The van der Waals surface area contributed by atoms with Gasteiger partial charge in [0.15, 0.2) is 0 Å². The van der Waals surface area contributed by atoms with Crippen molar-refractivity contribution in [2.75, 3.05) is 11.9 Å². The van der Waals surface area contributed by atoms with Gasteiger partial charge in [0.2, 0.25) is 0 Å². The van der Waals surface area contributed by atoms with Gasteiger partial charge in [-0.3, -0.25) is 14.3 Å². The number of nitrogens with zero attached hydrogens (tertiary/aromatic N) is 3. The highest BCUT2D eigenvalue weighted by molar-refractivity contribution is 6.39. The Bertz CT molecular complexity index is 949. The molecule has 1 aromatic carbocycles. The van der Waals surface area contributed by atoms with Crippen LogP contribution in [0, 0.1) is 0 Å². The minimum Gasteiger partial charge on any atom is -0.377 e. The van der Waals surface area contributed by atoms with Gasteiger partial charge in [0, 0.05) is 31.6 Å². The number of hydrogen-bond donors (Lipinski definition) is 1. The van der Waals surface area contributed by atoms with E-state index in [1.807, 2.05) is 42.9 Å². The van der Waals surface area contributed by atoms with E-state index in [0.29, 0.717) is 18.9 Å². The predicted octanol–water partition coefficient (Wildman–Crippen LogP) is 2.74. The lowest BCUT2D eigenvalue weighted by molar-refractivity contribution is -0.144. The summed E-state index contributed by atoms with van der Waals surface area (Å²) in [5.74, 6) is -1.05. The molecule has 0 saturated carbocycles. The lowest BCUT2D eigenvalue weighted by atomic mass is 9.98. The van der Waals surface area contributed by atoms with Gasteiger partial charge in [-0.1, -0.05) is 18.2 Å². The average Bonchev–Trinajstić information content (AvgIpc) is 3.26. The summed E-state index contributed by atoms with van der Waals surface area (Å²) in [7, 11) is 1.92. The third-order valence-electron chi connectivity index (χ3n) is 5.63. The summed E-state index contributed by atoms with van der Waals surface area (Å²) in [6.45, 7) is 3.04. The summed E-state index contributed by atoms with van der Waals surface area (Å²) in [6, 6.07) is 9.41. The maximum atomic E-state index is 12.9. The molecule has 1 aromatic heterocycles. The number of ether oxygens (including phenoxy) is 1. The fourth-order valence-electron chi connectivity index (χ4n) is 4.29. The van der Waals surface area contributed by atoms with Crippen LogP contribution in [0.3, 0.4) is 0 Å². The molecule has 0 spiro atoms. The molecular weight excluding hydrogens is 368 g/mol. The number of aryl methyl sites for hydroxylation is 1. The summed E-state index contributed by atoms with van der Waals surface area (Å²) in [5.41, 5.74) is 3.84. The molecule has 2 aliphatic heterocycles. The molecule has 2 atom stereocenters. The molecule has 0 aliphatic carbocycles. The first kappa shape index (κ1) is 19.4. The van der Waals surface area contributed by atoms with Crippen LogP contribution in [0.2, 0.25) is 0 Å². The molecule has 2 aliphatic rings. The van der Waals surface area contributed by atoms with Gasteiger partial charge in [0.1, 0.15) is 0 Å². The molecule has 29 heavy (non-hydrogen) atoms. The van der Waals surface area contributed by atoms with E-state index in [1.165, 1.54) is 5.57 Å². The van der Waals surface area contributed by atoms with E-state index in [2.05, 4.69) is 16.5 Å². The van der Waals surface area contributed by atoms with Crippen LogP contribution in [-0.4, -0.2) is 45.2 Å². The van der Waals surface area contributed by atoms with Crippen molar-refractivity contribution in [1.29, 1.82) is 0 Å². The number of rotatable bonds is 5. The first-order valence-electron chi connectivity index (χ1n) is 10.1. The van der Waals surface area contributed by atoms with Crippen molar-refractivity contribution in [1.82, 2.24) is 14.7 Å². The number of benzene rings is 1. The van der Waals surface area contributed by atoms with E-state index in [9.17, 15) is 9.59 Å². The van der Waals surface area contributed by atoms with Crippen molar-refractivity contribution in [2.45, 2.75) is 44.9 Å². The van der Waals surface area contributed by atoms with Crippen LogP contribution in [0.15, 0.2) is 42.6 Å². The van der Waals surface area contributed by atoms with E-state index in [-0.39, 0.29) is 12.1 Å². The molecule has 2 bridgehead atoms. The van der Waals surface area contributed by atoms with Gasteiger partial charge in [0.25, 0.3) is 0 Å². The quantitative estimate of drug-likeness (QED) is 0.791. The van der Waals surface area contributed by atoms with Gasteiger partial charge in [-0.15, -0.1) is 0 Å². The van der Waals surface area contributed by atoms with Crippen molar-refractivity contribution in [3.05, 3.63) is 53.9 Å². The SMILES string of the molecule is CCOCc1cccc(NC(=O)C(=O)N2C3C=C(c4ccnn4C)CC2CC3)c1. The van der Waals surface area contributed by atoms with Crippen molar-refractivity contribution >= 4 is 23.1 Å². The Hall–Kier alpha value is -2.93. The van der Waals surface area contributed by atoms with Crippen LogP contribution < -0.4 is 5.32 Å². The molecule has 1 N–H and O–H groups in total. The summed E-state index contributed by atoms with van der Waals surface area (Å²) < 4.78 is 7.26. The summed E-state index contributed by atoms with van der Waals surface area (Å²) in [4.78, 5) is 27.3. The fourth-order valence-corrected chi connectivity index (χ4v) is 4.29. The number of fused-ring (bicyclic) bond motifs is 2. The zero-order chi connectivity index (χ0) is 20.4. The normalized spacial score (nSPS) is 20.5. The van der Waals surface area contributed by atoms with Crippen molar-refractivity contribution in [3.8, 4) is 0 Å². The Morgan fingerprint density at radius 2 is 2.14 bits per heavy atom. The molecule has 2 unspecified atom stereocenters. The monoisotopic (exact) mass is 394 g/mol. The van der Waals surface area contributed by atoms with Crippen molar-refractivity contribution < 1.29 is 14.3 Å². The summed E-state index contributed by atoms with van der Waals surface area (Å²) in [5, 5.41) is 6.99. The summed E-state index contributed by atoms with van der Waals surface area (Å²) in [6.07, 6.45) is 6.44. The summed E-state index contributed by atoms with van der Waals surface area (Å²) >= 11 is 0. The molecule has 0 radical (unpaired) electrons. The van der Waals surface area contributed by atoms with Gasteiger partial charge in [0.05, 0.1) is 18.3 Å². The second-order valence-electron chi connectivity index (χ2n) is 7.54. The number of anilines is 1. The zero-order valence-corrected chi connectivity index (χ0v) is 16.8. The molecule has 1 saturated heterocycles. The van der Waals surface area contributed by atoms with Gasteiger partial charge < -0.3 is 15.0 Å². The van der Waals surface area contributed by atoms with E-state index in [1.54, 1.807) is 17.2 Å². The van der Waals surface area contributed by atoms with E-state index >= 15 is 0 Å². The number of amides is 2. The van der Waals surface area contributed by atoms with E-state index in [0.717, 1.165) is 30.5 Å². The lowest BCUT2D eigenvalue weighted by Gasteiger charge is -2.33. The largest absolute Gasteiger partial charge is 0.377 e. The molecule has 7 nitrogen and oxygen atoms in total. The Morgan fingerprint density at radius 3 is 2.86 bits per heavy atom. The molecular formula is C22H26N4O3. The molecule has 152 valence electrons. The van der Waals surface area contributed by atoms with Crippen LogP contribution in [0.25, 0.3) is 5.57 Å². The Labute approximate surface area is 170 Å². The van der Waals surface area contributed by atoms with Crippen LogP contribution in [0.5, 0.6) is 0 Å². The van der Waals surface area contributed by atoms with Gasteiger partial charge >= 0.3 is 11.8 Å². The van der Waals surface area contributed by atoms with Crippen LogP contribution in [0.1, 0.15) is 37.4 Å². The predicted molar refractivity (Wildman–Crippen MR) is 110 cm³/mol. The van der Waals surface area contributed by atoms with E-state index in [4.69, 9.17) is 4.74 Å². The highest BCUT2D eigenvalue weighted by atomic mass is 16.5. The molecule has 3 heterocycles. The first-order valence-corrected chi connectivity index (χ1v) is 10.1. The average molecular weight is 394 g/mol. The minimum absolute atomic E-state index is 0.0406. The zero-order valence-electron chi connectivity index (χ0n) is 16.8. The third-order valence-corrected chi connectivity index (χ3v) is 5.63. The molecule has 1 fully saturated rings. The Balaban J connectivity index is 1.45. The Morgan fingerprint density at radius 1 is 1.28 bits per heavy atom. The third kappa shape index (κ3) is 3.96. The number of carbonyl (C=O) groups excluding carboxylic acids is 2. The second-order valence-corrected chi connectivity index (χ2v) is 7.54. The highest BCUT2D eigenvalue weighted by Gasteiger charge is 2.42. The van der Waals surface area contributed by atoms with Gasteiger partial charge in [-0.2, -0.15) is 5.10 Å².